The van der Waals surface area contributed by atoms with Crippen molar-refractivity contribution in [3.8, 4) is 45.1 Å². The molecule has 0 saturated heterocycles. The summed E-state index contributed by atoms with van der Waals surface area (Å²) in [5.74, 6) is 0. The molecular weight excluding hydrogens is 681 g/mol. The Morgan fingerprint density at radius 3 is 1.72 bits per heavy atom. The van der Waals surface area contributed by atoms with Crippen LogP contribution < -0.4 is 0 Å². The van der Waals surface area contributed by atoms with E-state index >= 15 is 0 Å². The van der Waals surface area contributed by atoms with Crippen LogP contribution in [0.25, 0.3) is 101 Å². The summed E-state index contributed by atoms with van der Waals surface area (Å²) >= 11 is 3.55. The monoisotopic (exact) mass is 708 g/mol. The van der Waals surface area contributed by atoms with Gasteiger partial charge in [0.25, 0.3) is 0 Å². The molecule has 0 N–H and O–H groups in total. The maximum atomic E-state index is 10.6. The number of hydrogen-bond donors (Lipinski definition) is 0. The Hall–Kier alpha value is -6.51. The first-order chi connectivity index (χ1) is 26.2. The Labute approximate surface area is 313 Å². The zero-order valence-electron chi connectivity index (χ0n) is 28.4. The van der Waals surface area contributed by atoms with Crippen molar-refractivity contribution in [3.63, 3.8) is 0 Å². The molecule has 4 heteroatoms. The van der Waals surface area contributed by atoms with Crippen LogP contribution in [-0.4, -0.2) is 4.57 Å². The van der Waals surface area contributed by atoms with Crippen LogP contribution in [0.15, 0.2) is 170 Å². The molecule has 2 nitrogen and oxygen atoms in total. The third kappa shape index (κ3) is 4.62. The van der Waals surface area contributed by atoms with Gasteiger partial charge in [0, 0.05) is 41.7 Å². The van der Waals surface area contributed by atoms with E-state index in [1.165, 1.54) is 68.8 Å². The van der Waals surface area contributed by atoms with E-state index in [1.54, 1.807) is 11.3 Å². The number of nitrogens with zero attached hydrogens (tertiary/aromatic N) is 2. The van der Waals surface area contributed by atoms with Gasteiger partial charge in [-0.25, -0.2) is 0 Å². The van der Waals surface area contributed by atoms with Crippen molar-refractivity contribution >= 4 is 84.8 Å². The Kier molecular flexibility index (Phi) is 6.69. The van der Waals surface area contributed by atoms with Gasteiger partial charge in [-0.15, -0.1) is 22.7 Å². The minimum absolute atomic E-state index is 0.711. The van der Waals surface area contributed by atoms with Crippen LogP contribution in [0.4, 0.5) is 0 Å². The fourth-order valence-electron chi connectivity index (χ4n) is 8.22. The molecule has 246 valence electrons. The molecule has 0 aliphatic rings. The highest BCUT2D eigenvalue weighted by molar-refractivity contribution is 7.26. The molecule has 8 aromatic carbocycles. The van der Waals surface area contributed by atoms with Crippen LogP contribution in [0.3, 0.4) is 0 Å². The fourth-order valence-corrected chi connectivity index (χ4v) is 10.6. The van der Waals surface area contributed by atoms with Gasteiger partial charge in [-0.2, -0.15) is 5.26 Å². The first kappa shape index (κ1) is 30.1. The van der Waals surface area contributed by atoms with E-state index in [9.17, 15) is 5.26 Å². The van der Waals surface area contributed by atoms with Crippen molar-refractivity contribution in [2.24, 2.45) is 0 Å². The summed E-state index contributed by atoms with van der Waals surface area (Å²) < 4.78 is 7.17. The quantitative estimate of drug-likeness (QED) is 0.179. The Balaban J connectivity index is 1.17. The summed E-state index contributed by atoms with van der Waals surface area (Å²) in [6, 6.07) is 63.7. The van der Waals surface area contributed by atoms with Gasteiger partial charge in [-0.05, 0) is 88.0 Å². The van der Waals surface area contributed by atoms with Crippen LogP contribution in [0.2, 0.25) is 0 Å². The van der Waals surface area contributed by atoms with Gasteiger partial charge in [-0.1, -0.05) is 115 Å². The van der Waals surface area contributed by atoms with Gasteiger partial charge in [-0.3, -0.25) is 0 Å². The summed E-state index contributed by atoms with van der Waals surface area (Å²) in [5.41, 5.74) is 11.2. The molecule has 3 aromatic heterocycles. The van der Waals surface area contributed by atoms with Gasteiger partial charge in [0.2, 0.25) is 0 Å². The number of rotatable bonds is 4. The number of aromatic nitrogens is 1. The van der Waals surface area contributed by atoms with Crippen LogP contribution >= 0.6 is 22.7 Å². The summed E-state index contributed by atoms with van der Waals surface area (Å²) in [4.78, 5) is 0. The molecule has 0 fully saturated rings. The van der Waals surface area contributed by atoms with Gasteiger partial charge >= 0.3 is 0 Å². The van der Waals surface area contributed by atoms with E-state index in [2.05, 4.69) is 180 Å². The van der Waals surface area contributed by atoms with Crippen molar-refractivity contribution in [2.45, 2.75) is 0 Å². The van der Waals surface area contributed by atoms with Crippen molar-refractivity contribution < 1.29 is 0 Å². The number of benzene rings is 8. The highest BCUT2D eigenvalue weighted by atomic mass is 32.1. The molecule has 3 heterocycles. The lowest BCUT2D eigenvalue weighted by atomic mass is 9.96. The maximum absolute atomic E-state index is 10.6. The molecule has 0 saturated carbocycles. The number of hydrogen-bond acceptors (Lipinski definition) is 3. The largest absolute Gasteiger partial charge is 0.308 e. The van der Waals surface area contributed by atoms with E-state index in [0.29, 0.717) is 5.56 Å². The zero-order valence-corrected chi connectivity index (χ0v) is 30.0. The summed E-state index contributed by atoms with van der Waals surface area (Å²) in [6.45, 7) is 0. The lowest BCUT2D eigenvalue weighted by Crippen LogP contribution is -1.94. The minimum atomic E-state index is 0.711. The van der Waals surface area contributed by atoms with E-state index in [-0.39, 0.29) is 0 Å². The second-order valence-corrected chi connectivity index (χ2v) is 15.7. The molecule has 0 spiro atoms. The average molecular weight is 709 g/mol. The molecule has 0 aliphatic heterocycles. The molecule has 0 amide bonds. The van der Waals surface area contributed by atoms with Crippen LogP contribution in [-0.2, 0) is 0 Å². The Morgan fingerprint density at radius 2 is 1.02 bits per heavy atom. The predicted molar refractivity (Wildman–Crippen MR) is 228 cm³/mol. The predicted octanol–water partition coefficient (Wildman–Crippen LogP) is 14.4. The molecular formula is C49H28N2S2. The average Bonchev–Trinajstić information content (AvgIpc) is 3.90. The lowest BCUT2D eigenvalue weighted by molar-refractivity contribution is 1.20. The standard InChI is InChI=1S/C49H28N2S2/c50-29-35-25-34(36-16-10-20-46-47(36)38-15-7-8-19-45(38)52-46)28-41-37-17-9-18-44(49(37)53-48(35)41)51-42-23-21-32(30-11-3-1-4-12-30)26-39(42)40-27-33(22-24-43(40)51)31-13-5-2-6-14-31/h1-28H. The van der Waals surface area contributed by atoms with Gasteiger partial charge in [0.15, 0.2) is 0 Å². The van der Waals surface area contributed by atoms with Gasteiger partial charge in [0.05, 0.1) is 31.7 Å². The fraction of sp³-hybridized carbons (Fsp3) is 0. The topological polar surface area (TPSA) is 28.7 Å². The molecule has 0 atom stereocenters. The van der Waals surface area contributed by atoms with Crippen LogP contribution in [0, 0.1) is 11.3 Å². The van der Waals surface area contributed by atoms with Gasteiger partial charge < -0.3 is 4.57 Å². The Bertz CT molecular complexity index is 3190. The minimum Gasteiger partial charge on any atom is -0.308 e. The number of nitriles is 1. The third-order valence-electron chi connectivity index (χ3n) is 10.6. The molecule has 11 rings (SSSR count). The second-order valence-electron chi connectivity index (χ2n) is 13.6. The van der Waals surface area contributed by atoms with E-state index in [1.807, 2.05) is 11.3 Å². The second kappa shape index (κ2) is 11.8. The molecule has 0 aliphatic carbocycles. The smallest absolute Gasteiger partial charge is 0.101 e. The number of fused-ring (bicyclic) bond motifs is 9. The summed E-state index contributed by atoms with van der Waals surface area (Å²) in [6.07, 6.45) is 0. The highest BCUT2D eigenvalue weighted by Gasteiger charge is 2.20. The third-order valence-corrected chi connectivity index (χ3v) is 13.0. The maximum Gasteiger partial charge on any atom is 0.101 e. The molecule has 0 radical (unpaired) electrons. The molecule has 0 unspecified atom stereocenters. The highest BCUT2D eigenvalue weighted by Crippen LogP contribution is 2.46. The van der Waals surface area contributed by atoms with Crippen molar-refractivity contribution in [1.29, 1.82) is 5.26 Å². The first-order valence-corrected chi connectivity index (χ1v) is 19.4. The summed E-state index contributed by atoms with van der Waals surface area (Å²) in [7, 11) is 0. The Morgan fingerprint density at radius 1 is 0.415 bits per heavy atom. The van der Waals surface area contributed by atoms with E-state index < -0.39 is 0 Å². The van der Waals surface area contributed by atoms with Crippen LogP contribution in [0.5, 0.6) is 0 Å². The van der Waals surface area contributed by atoms with E-state index in [0.717, 1.165) is 32.4 Å². The van der Waals surface area contributed by atoms with Crippen molar-refractivity contribution in [1.82, 2.24) is 4.57 Å². The first-order valence-electron chi connectivity index (χ1n) is 17.7. The number of thiophene rings is 2. The SMILES string of the molecule is N#Cc1cc(-c2cccc3sc4ccccc4c23)cc2c1sc1c(-n3c4ccc(-c5ccccc5)cc4c4cc(-c5ccccc5)ccc43)cccc12. The normalized spacial score (nSPS) is 11.8. The zero-order chi connectivity index (χ0) is 35.0. The van der Waals surface area contributed by atoms with Crippen molar-refractivity contribution in [2.75, 3.05) is 0 Å². The molecule has 0 bridgehead atoms. The summed E-state index contributed by atoms with van der Waals surface area (Å²) in [5, 5.41) is 17.8. The van der Waals surface area contributed by atoms with Crippen LogP contribution in [0.1, 0.15) is 5.56 Å². The van der Waals surface area contributed by atoms with Gasteiger partial charge in [0.1, 0.15) is 6.07 Å². The van der Waals surface area contributed by atoms with E-state index in [4.69, 9.17) is 0 Å². The van der Waals surface area contributed by atoms with Crippen molar-refractivity contribution in [3.05, 3.63) is 175 Å². The molecule has 11 aromatic rings. The lowest BCUT2D eigenvalue weighted by Gasteiger charge is -2.10. The molecule has 53 heavy (non-hydrogen) atoms.